The summed E-state index contributed by atoms with van der Waals surface area (Å²) in [6, 6.07) is 4.03. The van der Waals surface area contributed by atoms with Crippen LogP contribution in [0.2, 0.25) is 5.02 Å². The smallest absolute Gasteiger partial charge is 0.251 e. The first kappa shape index (κ1) is 12.0. The standard InChI is InChI=1S/C11H13ClFNO/c1-3-7(2)14-11(15)8-4-5-10(13)9(12)6-8/h4-7H,3H2,1-2H3,(H,14,15). The van der Waals surface area contributed by atoms with E-state index < -0.39 is 5.82 Å². The van der Waals surface area contributed by atoms with Crippen LogP contribution in [0.5, 0.6) is 0 Å². The van der Waals surface area contributed by atoms with Gasteiger partial charge in [-0.25, -0.2) is 4.39 Å². The van der Waals surface area contributed by atoms with E-state index in [-0.39, 0.29) is 17.0 Å². The summed E-state index contributed by atoms with van der Waals surface area (Å²) in [5.74, 6) is -0.747. The second-order valence-corrected chi connectivity index (χ2v) is 3.82. The quantitative estimate of drug-likeness (QED) is 0.848. The van der Waals surface area contributed by atoms with Gasteiger partial charge in [-0.1, -0.05) is 18.5 Å². The first-order valence-electron chi connectivity index (χ1n) is 4.80. The first-order valence-corrected chi connectivity index (χ1v) is 5.18. The molecule has 0 heterocycles. The zero-order valence-electron chi connectivity index (χ0n) is 8.68. The summed E-state index contributed by atoms with van der Waals surface area (Å²) in [5, 5.41) is 2.74. The van der Waals surface area contributed by atoms with Crippen molar-refractivity contribution in [2.24, 2.45) is 0 Å². The molecule has 1 N–H and O–H groups in total. The summed E-state index contributed by atoms with van der Waals surface area (Å²) in [4.78, 5) is 11.6. The number of benzene rings is 1. The topological polar surface area (TPSA) is 29.1 Å². The molecule has 2 nitrogen and oxygen atoms in total. The molecule has 0 aliphatic heterocycles. The van der Waals surface area contributed by atoms with Crippen LogP contribution in [0.3, 0.4) is 0 Å². The Labute approximate surface area is 93.4 Å². The lowest BCUT2D eigenvalue weighted by atomic mass is 10.2. The minimum absolute atomic E-state index is 0.0354. The molecule has 15 heavy (non-hydrogen) atoms. The monoisotopic (exact) mass is 229 g/mol. The van der Waals surface area contributed by atoms with E-state index in [4.69, 9.17) is 11.6 Å². The molecule has 0 spiro atoms. The Kier molecular flexibility index (Phi) is 4.09. The predicted octanol–water partition coefficient (Wildman–Crippen LogP) is 3.01. The highest BCUT2D eigenvalue weighted by Gasteiger charge is 2.10. The number of carbonyl (C=O) groups is 1. The van der Waals surface area contributed by atoms with Gasteiger partial charge in [-0.2, -0.15) is 0 Å². The summed E-state index contributed by atoms with van der Waals surface area (Å²) >= 11 is 5.57. The van der Waals surface area contributed by atoms with E-state index in [1.54, 1.807) is 0 Å². The fourth-order valence-electron chi connectivity index (χ4n) is 1.05. The molecule has 0 aromatic heterocycles. The number of hydrogen-bond acceptors (Lipinski definition) is 1. The minimum Gasteiger partial charge on any atom is -0.350 e. The normalized spacial score (nSPS) is 12.3. The van der Waals surface area contributed by atoms with Gasteiger partial charge in [0, 0.05) is 11.6 Å². The van der Waals surface area contributed by atoms with Crippen LogP contribution in [-0.4, -0.2) is 11.9 Å². The molecular weight excluding hydrogens is 217 g/mol. The lowest BCUT2D eigenvalue weighted by Gasteiger charge is -2.11. The lowest BCUT2D eigenvalue weighted by molar-refractivity contribution is 0.0939. The van der Waals surface area contributed by atoms with Gasteiger partial charge in [-0.3, -0.25) is 4.79 Å². The fraction of sp³-hybridized carbons (Fsp3) is 0.364. The third-order valence-electron chi connectivity index (χ3n) is 2.17. The Morgan fingerprint density at radius 2 is 2.27 bits per heavy atom. The molecule has 0 radical (unpaired) electrons. The van der Waals surface area contributed by atoms with Gasteiger partial charge in [-0.15, -0.1) is 0 Å². The summed E-state index contributed by atoms with van der Waals surface area (Å²) in [7, 11) is 0. The Morgan fingerprint density at radius 3 is 2.80 bits per heavy atom. The van der Waals surface area contributed by atoms with Crippen molar-refractivity contribution in [1.29, 1.82) is 0 Å². The molecule has 0 bridgehead atoms. The summed E-state index contributed by atoms with van der Waals surface area (Å²) in [6.07, 6.45) is 0.848. The Balaban J connectivity index is 2.78. The second kappa shape index (κ2) is 5.12. The molecule has 1 unspecified atom stereocenters. The molecule has 0 saturated carbocycles. The molecule has 1 aromatic carbocycles. The SMILES string of the molecule is CCC(C)NC(=O)c1ccc(F)c(Cl)c1. The van der Waals surface area contributed by atoms with Crippen molar-refractivity contribution in [1.82, 2.24) is 5.32 Å². The van der Waals surface area contributed by atoms with E-state index in [2.05, 4.69) is 5.32 Å². The molecule has 0 aliphatic carbocycles. The number of amides is 1. The molecule has 1 rings (SSSR count). The highest BCUT2D eigenvalue weighted by atomic mass is 35.5. The second-order valence-electron chi connectivity index (χ2n) is 3.41. The van der Waals surface area contributed by atoms with Gasteiger partial charge in [-0.05, 0) is 31.5 Å². The molecule has 1 atom stereocenters. The van der Waals surface area contributed by atoms with E-state index in [9.17, 15) is 9.18 Å². The van der Waals surface area contributed by atoms with Crippen LogP contribution >= 0.6 is 11.6 Å². The molecule has 0 fully saturated rings. The maximum absolute atomic E-state index is 12.8. The van der Waals surface area contributed by atoms with Crippen molar-refractivity contribution < 1.29 is 9.18 Å². The summed E-state index contributed by atoms with van der Waals surface area (Å²) in [6.45, 7) is 3.88. The van der Waals surface area contributed by atoms with E-state index >= 15 is 0 Å². The molecule has 0 aliphatic rings. The Bertz CT molecular complexity index is 368. The third-order valence-corrected chi connectivity index (χ3v) is 2.46. The van der Waals surface area contributed by atoms with Crippen LogP contribution in [0.4, 0.5) is 4.39 Å². The van der Waals surface area contributed by atoms with Crippen molar-refractivity contribution in [3.63, 3.8) is 0 Å². The molecule has 1 aromatic rings. The van der Waals surface area contributed by atoms with Crippen molar-refractivity contribution in [3.8, 4) is 0 Å². The Morgan fingerprint density at radius 1 is 1.60 bits per heavy atom. The van der Waals surface area contributed by atoms with Crippen LogP contribution in [0.25, 0.3) is 0 Å². The zero-order chi connectivity index (χ0) is 11.4. The molecule has 82 valence electrons. The lowest BCUT2D eigenvalue weighted by Crippen LogP contribution is -2.31. The van der Waals surface area contributed by atoms with Crippen LogP contribution in [0, 0.1) is 5.82 Å². The maximum Gasteiger partial charge on any atom is 0.251 e. The maximum atomic E-state index is 12.8. The number of carbonyl (C=O) groups excluding carboxylic acids is 1. The van der Waals surface area contributed by atoms with Crippen molar-refractivity contribution >= 4 is 17.5 Å². The number of nitrogens with one attached hydrogen (secondary N) is 1. The molecule has 1 amide bonds. The fourth-order valence-corrected chi connectivity index (χ4v) is 1.23. The van der Waals surface area contributed by atoms with Gasteiger partial charge in [0.2, 0.25) is 0 Å². The van der Waals surface area contributed by atoms with Gasteiger partial charge < -0.3 is 5.32 Å². The highest BCUT2D eigenvalue weighted by molar-refractivity contribution is 6.31. The van der Waals surface area contributed by atoms with Gasteiger partial charge in [0.1, 0.15) is 5.82 Å². The van der Waals surface area contributed by atoms with Crippen LogP contribution in [-0.2, 0) is 0 Å². The first-order chi connectivity index (χ1) is 7.04. The summed E-state index contributed by atoms with van der Waals surface area (Å²) in [5.41, 5.74) is 0.377. The van der Waals surface area contributed by atoms with E-state index in [0.717, 1.165) is 6.42 Å². The third kappa shape index (κ3) is 3.20. The van der Waals surface area contributed by atoms with Crippen LogP contribution < -0.4 is 5.32 Å². The van der Waals surface area contributed by atoms with E-state index in [1.165, 1.54) is 18.2 Å². The van der Waals surface area contributed by atoms with Gasteiger partial charge >= 0.3 is 0 Å². The largest absolute Gasteiger partial charge is 0.350 e. The number of hydrogen-bond donors (Lipinski definition) is 1. The van der Waals surface area contributed by atoms with Gasteiger partial charge in [0.05, 0.1) is 5.02 Å². The average Bonchev–Trinajstić information content (AvgIpc) is 2.21. The number of rotatable bonds is 3. The highest BCUT2D eigenvalue weighted by Crippen LogP contribution is 2.15. The van der Waals surface area contributed by atoms with Gasteiger partial charge in [0.25, 0.3) is 5.91 Å². The molecule has 4 heteroatoms. The minimum atomic E-state index is -0.517. The Hall–Kier alpha value is -1.09. The van der Waals surface area contributed by atoms with E-state index in [0.29, 0.717) is 5.56 Å². The average molecular weight is 230 g/mol. The predicted molar refractivity (Wildman–Crippen MR) is 58.6 cm³/mol. The molecule has 0 saturated heterocycles. The zero-order valence-corrected chi connectivity index (χ0v) is 9.44. The van der Waals surface area contributed by atoms with E-state index in [1.807, 2.05) is 13.8 Å². The van der Waals surface area contributed by atoms with Crippen LogP contribution in [0.15, 0.2) is 18.2 Å². The van der Waals surface area contributed by atoms with Crippen molar-refractivity contribution in [3.05, 3.63) is 34.6 Å². The summed E-state index contributed by atoms with van der Waals surface area (Å²) < 4.78 is 12.8. The molecular formula is C11H13ClFNO. The van der Waals surface area contributed by atoms with Crippen LogP contribution in [0.1, 0.15) is 30.6 Å². The van der Waals surface area contributed by atoms with Crippen molar-refractivity contribution in [2.75, 3.05) is 0 Å². The number of halogens is 2. The van der Waals surface area contributed by atoms with Crippen molar-refractivity contribution in [2.45, 2.75) is 26.3 Å². The van der Waals surface area contributed by atoms with Gasteiger partial charge in [0.15, 0.2) is 0 Å².